The molecule has 1 N–H and O–H groups in total. The SMILES string of the molecule is COc1ccc(-c2cc(=Nc3cccc(C(=O)O)c3)c3cc(C)ccc3o2)cc1OC. The Labute approximate surface area is 179 Å². The van der Waals surface area contributed by atoms with E-state index in [1.165, 1.54) is 0 Å². The van der Waals surface area contributed by atoms with Crippen molar-refractivity contribution in [1.82, 2.24) is 0 Å². The summed E-state index contributed by atoms with van der Waals surface area (Å²) < 4.78 is 16.9. The van der Waals surface area contributed by atoms with Crippen LogP contribution >= 0.6 is 0 Å². The Morgan fingerprint density at radius 1 is 0.935 bits per heavy atom. The van der Waals surface area contributed by atoms with Crippen LogP contribution in [0.2, 0.25) is 0 Å². The van der Waals surface area contributed by atoms with Gasteiger partial charge in [-0.05, 0) is 55.5 Å². The van der Waals surface area contributed by atoms with E-state index < -0.39 is 5.97 Å². The van der Waals surface area contributed by atoms with Gasteiger partial charge in [0, 0.05) is 17.0 Å². The molecule has 0 aliphatic carbocycles. The zero-order valence-electron chi connectivity index (χ0n) is 17.4. The summed E-state index contributed by atoms with van der Waals surface area (Å²) in [5.41, 5.74) is 3.27. The van der Waals surface area contributed by atoms with Crippen molar-refractivity contribution in [2.24, 2.45) is 4.99 Å². The lowest BCUT2D eigenvalue weighted by Crippen LogP contribution is -2.04. The minimum absolute atomic E-state index is 0.183. The summed E-state index contributed by atoms with van der Waals surface area (Å²) in [7, 11) is 3.17. The maximum atomic E-state index is 11.3. The summed E-state index contributed by atoms with van der Waals surface area (Å²) in [6.07, 6.45) is 0. The highest BCUT2D eigenvalue weighted by Crippen LogP contribution is 2.33. The second kappa shape index (κ2) is 8.36. The van der Waals surface area contributed by atoms with Crippen molar-refractivity contribution in [3.05, 3.63) is 83.2 Å². The van der Waals surface area contributed by atoms with Crippen molar-refractivity contribution >= 4 is 22.6 Å². The van der Waals surface area contributed by atoms with Gasteiger partial charge in [-0.2, -0.15) is 0 Å². The predicted molar refractivity (Wildman–Crippen MR) is 118 cm³/mol. The number of rotatable bonds is 5. The predicted octanol–water partition coefficient (Wildman–Crippen LogP) is 5.36. The Morgan fingerprint density at radius 3 is 2.48 bits per heavy atom. The van der Waals surface area contributed by atoms with Crippen molar-refractivity contribution < 1.29 is 23.8 Å². The fraction of sp³-hybridized carbons (Fsp3) is 0.120. The number of carbonyl (C=O) groups is 1. The van der Waals surface area contributed by atoms with Gasteiger partial charge in [0.25, 0.3) is 0 Å². The number of carboxylic acid groups (broad SMARTS) is 1. The highest BCUT2D eigenvalue weighted by molar-refractivity contribution is 5.88. The van der Waals surface area contributed by atoms with Gasteiger partial charge in [-0.25, -0.2) is 9.79 Å². The number of ether oxygens (including phenoxy) is 2. The first-order valence-electron chi connectivity index (χ1n) is 9.63. The second-order valence-electron chi connectivity index (χ2n) is 7.03. The molecule has 0 atom stereocenters. The largest absolute Gasteiger partial charge is 0.493 e. The first kappa shape index (κ1) is 20.2. The molecule has 6 nitrogen and oxygen atoms in total. The van der Waals surface area contributed by atoms with Crippen LogP contribution in [0.3, 0.4) is 0 Å². The molecule has 6 heteroatoms. The molecule has 0 fully saturated rings. The van der Waals surface area contributed by atoms with E-state index in [2.05, 4.69) is 0 Å². The second-order valence-corrected chi connectivity index (χ2v) is 7.03. The number of carboxylic acids is 1. The summed E-state index contributed by atoms with van der Waals surface area (Å²) in [5.74, 6) is 0.821. The van der Waals surface area contributed by atoms with E-state index in [1.807, 2.05) is 49.4 Å². The van der Waals surface area contributed by atoms with E-state index in [-0.39, 0.29) is 5.56 Å². The van der Waals surface area contributed by atoms with E-state index in [0.717, 1.165) is 16.5 Å². The van der Waals surface area contributed by atoms with Gasteiger partial charge in [0.2, 0.25) is 0 Å². The molecule has 0 saturated heterocycles. The van der Waals surface area contributed by atoms with Crippen molar-refractivity contribution in [2.45, 2.75) is 6.92 Å². The van der Waals surface area contributed by atoms with Crippen molar-refractivity contribution in [3.63, 3.8) is 0 Å². The normalized spacial score (nSPS) is 11.5. The van der Waals surface area contributed by atoms with Crippen LogP contribution in [0, 0.1) is 6.92 Å². The topological polar surface area (TPSA) is 81.3 Å². The molecule has 1 heterocycles. The van der Waals surface area contributed by atoms with Gasteiger partial charge in [-0.3, -0.25) is 0 Å². The molecule has 0 spiro atoms. The first-order valence-corrected chi connectivity index (χ1v) is 9.63. The molecule has 0 aliphatic heterocycles. The number of nitrogens with zero attached hydrogens (tertiary/aromatic N) is 1. The molecule has 156 valence electrons. The van der Waals surface area contributed by atoms with Crippen LogP contribution in [-0.2, 0) is 0 Å². The van der Waals surface area contributed by atoms with Crippen molar-refractivity contribution in [3.8, 4) is 22.8 Å². The lowest BCUT2D eigenvalue weighted by atomic mass is 10.1. The van der Waals surface area contributed by atoms with E-state index >= 15 is 0 Å². The molecule has 0 bridgehead atoms. The fourth-order valence-electron chi connectivity index (χ4n) is 3.35. The molecule has 0 saturated carbocycles. The van der Waals surface area contributed by atoms with Crippen molar-refractivity contribution in [1.29, 1.82) is 0 Å². The Kier molecular flexibility index (Phi) is 5.45. The van der Waals surface area contributed by atoms with Crippen LogP contribution in [0.15, 0.2) is 76.1 Å². The van der Waals surface area contributed by atoms with Gasteiger partial charge < -0.3 is 19.0 Å². The van der Waals surface area contributed by atoms with Crippen LogP contribution in [0.1, 0.15) is 15.9 Å². The molecule has 4 aromatic rings. The van der Waals surface area contributed by atoms with E-state index in [9.17, 15) is 9.90 Å². The fourth-order valence-corrected chi connectivity index (χ4v) is 3.35. The Balaban J connectivity index is 1.96. The van der Waals surface area contributed by atoms with Crippen LogP contribution < -0.4 is 14.8 Å². The van der Waals surface area contributed by atoms with E-state index in [1.54, 1.807) is 38.5 Å². The summed E-state index contributed by atoms with van der Waals surface area (Å²) in [5, 5.41) is 10.8. The number of aromatic carboxylic acids is 1. The summed E-state index contributed by atoms with van der Waals surface area (Å²) >= 11 is 0. The van der Waals surface area contributed by atoms with Crippen LogP contribution in [0.5, 0.6) is 11.5 Å². The maximum absolute atomic E-state index is 11.3. The number of hydrogen-bond acceptors (Lipinski definition) is 5. The molecule has 4 rings (SSSR count). The number of methoxy groups -OCH3 is 2. The smallest absolute Gasteiger partial charge is 0.335 e. The zero-order valence-corrected chi connectivity index (χ0v) is 17.4. The quantitative estimate of drug-likeness (QED) is 0.475. The van der Waals surface area contributed by atoms with Crippen LogP contribution in [0.4, 0.5) is 5.69 Å². The van der Waals surface area contributed by atoms with Crippen LogP contribution in [-0.4, -0.2) is 25.3 Å². The monoisotopic (exact) mass is 415 g/mol. The Morgan fingerprint density at radius 2 is 1.74 bits per heavy atom. The minimum atomic E-state index is -0.994. The number of fused-ring (bicyclic) bond motifs is 1. The maximum Gasteiger partial charge on any atom is 0.335 e. The van der Waals surface area contributed by atoms with Gasteiger partial charge in [-0.15, -0.1) is 0 Å². The molecule has 31 heavy (non-hydrogen) atoms. The van der Waals surface area contributed by atoms with Gasteiger partial charge in [0.15, 0.2) is 11.5 Å². The Hall–Kier alpha value is -4.06. The van der Waals surface area contributed by atoms with Crippen molar-refractivity contribution in [2.75, 3.05) is 14.2 Å². The van der Waals surface area contributed by atoms with Gasteiger partial charge >= 0.3 is 5.97 Å². The van der Waals surface area contributed by atoms with E-state index in [0.29, 0.717) is 33.9 Å². The van der Waals surface area contributed by atoms with Gasteiger partial charge in [-0.1, -0.05) is 17.7 Å². The van der Waals surface area contributed by atoms with Gasteiger partial charge in [0.05, 0.1) is 30.8 Å². The third kappa shape index (κ3) is 4.14. The average molecular weight is 415 g/mol. The number of benzene rings is 3. The lowest BCUT2D eigenvalue weighted by Gasteiger charge is -2.10. The minimum Gasteiger partial charge on any atom is -0.493 e. The molecular formula is C25H21NO5. The van der Waals surface area contributed by atoms with Gasteiger partial charge in [0.1, 0.15) is 11.3 Å². The average Bonchev–Trinajstić information content (AvgIpc) is 2.79. The summed E-state index contributed by atoms with van der Waals surface area (Å²) in [6, 6.07) is 19.8. The standard InChI is InChI=1S/C25H21NO5/c1-15-7-9-21-19(11-15)20(26-18-6-4-5-17(12-18)25(27)28)14-23(31-21)16-8-10-22(29-2)24(13-16)30-3/h4-14H,1-3H3,(H,27,28). The molecular weight excluding hydrogens is 394 g/mol. The number of hydrogen-bond donors (Lipinski definition) is 1. The van der Waals surface area contributed by atoms with Crippen LogP contribution in [0.25, 0.3) is 22.3 Å². The molecule has 0 radical (unpaired) electrons. The molecule has 0 amide bonds. The molecule has 0 aliphatic rings. The Bertz CT molecular complexity index is 1350. The summed E-state index contributed by atoms with van der Waals surface area (Å²) in [4.78, 5) is 16.1. The third-order valence-electron chi connectivity index (χ3n) is 4.91. The highest BCUT2D eigenvalue weighted by atomic mass is 16.5. The molecule has 1 aromatic heterocycles. The highest BCUT2D eigenvalue weighted by Gasteiger charge is 2.11. The number of aryl methyl sites for hydroxylation is 1. The lowest BCUT2D eigenvalue weighted by molar-refractivity contribution is 0.0697. The molecule has 0 unspecified atom stereocenters. The third-order valence-corrected chi connectivity index (χ3v) is 4.91. The first-order chi connectivity index (χ1) is 15.0. The molecule has 3 aromatic carbocycles. The van der Waals surface area contributed by atoms with E-state index in [4.69, 9.17) is 18.9 Å². The zero-order chi connectivity index (χ0) is 22.0. The summed E-state index contributed by atoms with van der Waals surface area (Å²) in [6.45, 7) is 2.00.